The van der Waals surface area contributed by atoms with Gasteiger partial charge in [0.25, 0.3) is 0 Å². The number of imidazole rings is 1. The Morgan fingerprint density at radius 2 is 2.31 bits per heavy atom. The van der Waals surface area contributed by atoms with Crippen molar-refractivity contribution in [1.82, 2.24) is 9.55 Å². The summed E-state index contributed by atoms with van der Waals surface area (Å²) < 4.78 is 6.52. The maximum absolute atomic E-state index is 11.6. The Bertz CT molecular complexity index is 407. The summed E-state index contributed by atoms with van der Waals surface area (Å²) in [4.78, 5) is 15.7. The van der Waals surface area contributed by atoms with Crippen molar-refractivity contribution >= 4 is 6.09 Å². The van der Waals surface area contributed by atoms with Crippen LogP contribution >= 0.6 is 0 Å². The first-order chi connectivity index (χ1) is 7.42. The predicted molar refractivity (Wildman–Crippen MR) is 61.0 cm³/mol. The highest BCUT2D eigenvalue weighted by atomic mass is 16.6. The van der Waals surface area contributed by atoms with Crippen LogP contribution in [-0.2, 0) is 11.2 Å². The highest BCUT2D eigenvalue weighted by molar-refractivity contribution is 5.70. The number of hydrogen-bond donors (Lipinski definition) is 0. The average Bonchev–Trinajstić information content (AvgIpc) is 2.60. The van der Waals surface area contributed by atoms with Gasteiger partial charge < -0.3 is 4.74 Å². The molecule has 1 heterocycles. The molecule has 0 aliphatic carbocycles. The molecule has 0 saturated carbocycles. The van der Waals surface area contributed by atoms with Crippen LogP contribution < -0.4 is 0 Å². The average molecular weight is 220 g/mol. The molecule has 4 nitrogen and oxygen atoms in total. The molecule has 0 unspecified atom stereocenters. The van der Waals surface area contributed by atoms with Gasteiger partial charge in [0.2, 0.25) is 0 Å². The summed E-state index contributed by atoms with van der Waals surface area (Å²) in [5, 5.41) is 0. The fourth-order valence-corrected chi connectivity index (χ4v) is 1.11. The Hall–Kier alpha value is -1.76. The summed E-state index contributed by atoms with van der Waals surface area (Å²) in [5.41, 5.74) is 0.296. The summed E-state index contributed by atoms with van der Waals surface area (Å²) in [5.74, 6) is 2.53. The maximum Gasteiger partial charge on any atom is 0.419 e. The molecule has 0 spiro atoms. The van der Waals surface area contributed by atoms with E-state index < -0.39 is 11.7 Å². The Morgan fingerprint density at radius 3 is 2.88 bits per heavy atom. The van der Waals surface area contributed by atoms with Crippen LogP contribution in [0.5, 0.6) is 0 Å². The molecule has 0 aliphatic heterocycles. The van der Waals surface area contributed by atoms with Crippen molar-refractivity contribution < 1.29 is 9.53 Å². The van der Waals surface area contributed by atoms with E-state index in [-0.39, 0.29) is 0 Å². The van der Waals surface area contributed by atoms with Crippen LogP contribution in [0.3, 0.4) is 0 Å². The lowest BCUT2D eigenvalue weighted by Gasteiger charge is -2.19. The monoisotopic (exact) mass is 220 g/mol. The molecule has 0 radical (unpaired) electrons. The minimum atomic E-state index is -0.500. The van der Waals surface area contributed by atoms with Crippen LogP contribution in [0.25, 0.3) is 0 Å². The largest absolute Gasteiger partial charge is 0.443 e. The van der Waals surface area contributed by atoms with Gasteiger partial charge in [-0.1, -0.05) is 0 Å². The molecule has 0 amide bonds. The summed E-state index contributed by atoms with van der Waals surface area (Å²) in [6, 6.07) is 0. The molecule has 1 rings (SSSR count). The second kappa shape index (κ2) is 4.84. The van der Waals surface area contributed by atoms with Gasteiger partial charge in [0, 0.05) is 19.0 Å². The van der Waals surface area contributed by atoms with Crippen molar-refractivity contribution in [2.24, 2.45) is 0 Å². The third kappa shape index (κ3) is 3.77. The number of ether oxygens (including phenoxy) is 1. The van der Waals surface area contributed by atoms with Crippen LogP contribution in [0.15, 0.2) is 12.5 Å². The number of rotatable bonds is 2. The van der Waals surface area contributed by atoms with E-state index >= 15 is 0 Å². The van der Waals surface area contributed by atoms with Crippen LogP contribution in [-0.4, -0.2) is 21.2 Å². The maximum atomic E-state index is 11.6. The quantitative estimate of drug-likeness (QED) is 0.718. The summed E-state index contributed by atoms with van der Waals surface area (Å²) in [6.07, 6.45) is 9.10. The summed E-state index contributed by atoms with van der Waals surface area (Å²) >= 11 is 0. The van der Waals surface area contributed by atoms with E-state index in [2.05, 4.69) is 10.9 Å². The van der Waals surface area contributed by atoms with E-state index in [9.17, 15) is 4.79 Å². The molecule has 0 bridgehead atoms. The lowest BCUT2D eigenvalue weighted by atomic mass is 10.2. The van der Waals surface area contributed by atoms with E-state index in [1.54, 1.807) is 6.20 Å². The van der Waals surface area contributed by atoms with Gasteiger partial charge in [0.1, 0.15) is 11.9 Å². The van der Waals surface area contributed by atoms with Crippen molar-refractivity contribution in [3.63, 3.8) is 0 Å². The molecule has 1 aromatic heterocycles. The second-order valence-electron chi connectivity index (χ2n) is 4.46. The molecule has 0 N–H and O–H groups in total. The molecule has 0 atom stereocenters. The smallest absolute Gasteiger partial charge is 0.419 e. The predicted octanol–water partition coefficient (Wildman–Crippen LogP) is 2.23. The number of nitrogens with zero attached hydrogens (tertiary/aromatic N) is 2. The molecule has 1 aromatic rings. The van der Waals surface area contributed by atoms with Gasteiger partial charge in [-0.15, -0.1) is 12.3 Å². The molecule has 0 fully saturated rings. The van der Waals surface area contributed by atoms with Gasteiger partial charge >= 0.3 is 6.09 Å². The summed E-state index contributed by atoms with van der Waals surface area (Å²) in [6.45, 7) is 5.46. The van der Waals surface area contributed by atoms with Crippen molar-refractivity contribution in [2.45, 2.75) is 39.2 Å². The molecule has 86 valence electrons. The Balaban J connectivity index is 2.64. The molecular formula is C12H16N2O2. The van der Waals surface area contributed by atoms with E-state index in [4.69, 9.17) is 11.2 Å². The van der Waals surface area contributed by atoms with E-state index in [0.29, 0.717) is 12.8 Å². The van der Waals surface area contributed by atoms with Gasteiger partial charge in [0.15, 0.2) is 0 Å². The van der Waals surface area contributed by atoms with Crippen LogP contribution in [0, 0.1) is 12.3 Å². The van der Waals surface area contributed by atoms with Gasteiger partial charge in [-0.05, 0) is 20.8 Å². The Labute approximate surface area is 95.6 Å². The molecular weight excluding hydrogens is 204 g/mol. The lowest BCUT2D eigenvalue weighted by Crippen LogP contribution is -2.26. The van der Waals surface area contributed by atoms with Crippen LogP contribution in [0.1, 0.15) is 32.9 Å². The number of hydrogen-bond acceptors (Lipinski definition) is 3. The Morgan fingerprint density at radius 1 is 1.62 bits per heavy atom. The normalized spacial score (nSPS) is 10.9. The van der Waals surface area contributed by atoms with E-state index in [1.165, 1.54) is 10.9 Å². The molecule has 0 aliphatic rings. The molecule has 0 saturated heterocycles. The molecule has 16 heavy (non-hydrogen) atoms. The van der Waals surface area contributed by atoms with Gasteiger partial charge in [-0.2, -0.15) is 0 Å². The number of aromatic nitrogens is 2. The van der Waals surface area contributed by atoms with Crippen molar-refractivity contribution in [1.29, 1.82) is 0 Å². The minimum absolute atomic E-state index is 0.424. The number of aryl methyl sites for hydroxylation is 1. The van der Waals surface area contributed by atoms with Gasteiger partial charge in [-0.25, -0.2) is 14.3 Å². The van der Waals surface area contributed by atoms with E-state index in [0.717, 1.165) is 5.69 Å². The summed E-state index contributed by atoms with van der Waals surface area (Å²) in [7, 11) is 0. The van der Waals surface area contributed by atoms with Crippen molar-refractivity contribution in [3.8, 4) is 12.3 Å². The standard InChI is InChI=1S/C12H16N2O2/c1-5-6-7-10-8-14(9-13-10)11(15)16-12(2,3)4/h1,8-9H,6-7H2,2-4H3. The van der Waals surface area contributed by atoms with Gasteiger partial charge in [-0.3, -0.25) is 0 Å². The van der Waals surface area contributed by atoms with Crippen LogP contribution in [0.4, 0.5) is 4.79 Å². The number of terminal acetylenes is 1. The number of carbonyl (C=O) groups excluding carboxylic acids is 1. The Kier molecular flexibility index (Phi) is 3.73. The highest BCUT2D eigenvalue weighted by Gasteiger charge is 2.17. The fourth-order valence-electron chi connectivity index (χ4n) is 1.11. The first kappa shape index (κ1) is 12.3. The third-order valence-corrected chi connectivity index (χ3v) is 1.77. The van der Waals surface area contributed by atoms with Gasteiger partial charge in [0.05, 0.1) is 5.69 Å². The van der Waals surface area contributed by atoms with Crippen LogP contribution in [0.2, 0.25) is 0 Å². The SMILES string of the molecule is C#CCCc1cn(C(=O)OC(C)(C)C)cn1. The first-order valence-corrected chi connectivity index (χ1v) is 5.12. The fraction of sp³-hybridized carbons (Fsp3) is 0.500. The third-order valence-electron chi connectivity index (χ3n) is 1.77. The zero-order valence-electron chi connectivity index (χ0n) is 9.86. The number of carbonyl (C=O) groups is 1. The topological polar surface area (TPSA) is 44.1 Å². The molecule has 4 heteroatoms. The van der Waals surface area contributed by atoms with E-state index in [1.807, 2.05) is 20.8 Å². The van der Waals surface area contributed by atoms with Crippen molar-refractivity contribution in [3.05, 3.63) is 18.2 Å². The highest BCUT2D eigenvalue weighted by Crippen LogP contribution is 2.09. The zero-order valence-corrected chi connectivity index (χ0v) is 9.86. The zero-order chi connectivity index (χ0) is 12.2. The first-order valence-electron chi connectivity index (χ1n) is 5.12. The molecule has 0 aromatic carbocycles. The minimum Gasteiger partial charge on any atom is -0.443 e. The van der Waals surface area contributed by atoms with Crippen molar-refractivity contribution in [2.75, 3.05) is 0 Å². The second-order valence-corrected chi connectivity index (χ2v) is 4.46. The lowest BCUT2D eigenvalue weighted by molar-refractivity contribution is 0.0536.